The zero-order valence-corrected chi connectivity index (χ0v) is 15.5. The normalized spacial score (nSPS) is 29.0. The number of carbonyl (C=O) groups excluding carboxylic acids is 2. The van der Waals surface area contributed by atoms with Crippen LogP contribution in [-0.2, 0) is 14.9 Å². The molecule has 0 aromatic heterocycles. The molecule has 0 bridgehead atoms. The Labute approximate surface area is 152 Å². The van der Waals surface area contributed by atoms with Crippen molar-refractivity contribution < 1.29 is 14.3 Å². The van der Waals surface area contributed by atoms with Crippen molar-refractivity contribution in [3.63, 3.8) is 0 Å². The predicted octanol–water partition coefficient (Wildman–Crippen LogP) is 4.32. The highest BCUT2D eigenvalue weighted by molar-refractivity contribution is 6.42. The summed E-state index contributed by atoms with van der Waals surface area (Å²) < 4.78 is 5.45. The zero-order valence-electron chi connectivity index (χ0n) is 14.0. The summed E-state index contributed by atoms with van der Waals surface area (Å²) in [5.74, 6) is 0.347. The van der Waals surface area contributed by atoms with Crippen LogP contribution >= 0.6 is 23.2 Å². The van der Waals surface area contributed by atoms with Crippen LogP contribution in [0.5, 0.6) is 0 Å². The molecule has 1 aliphatic heterocycles. The van der Waals surface area contributed by atoms with E-state index in [2.05, 4.69) is 0 Å². The Hall–Kier alpha value is -1.26. The first-order chi connectivity index (χ1) is 11.2. The van der Waals surface area contributed by atoms with E-state index in [0.717, 1.165) is 18.3 Å². The van der Waals surface area contributed by atoms with E-state index in [0.29, 0.717) is 23.1 Å². The molecule has 1 aliphatic carbocycles. The van der Waals surface area contributed by atoms with Crippen LogP contribution in [0.1, 0.15) is 32.8 Å². The third-order valence-electron chi connectivity index (χ3n) is 5.00. The van der Waals surface area contributed by atoms with E-state index >= 15 is 0 Å². The van der Waals surface area contributed by atoms with E-state index in [1.807, 2.05) is 26.8 Å². The third kappa shape index (κ3) is 2.91. The standard InChI is InChI=1S/C18H21Cl2NO3/c1-17(2,3)24-16(23)21-7-6-12-13(9-21)18(12,10-22)11-4-5-14(19)15(20)8-11/h4-5,8,10,12-13H,6-7,9H2,1-3H3/t12-,13+,18+/m0/s1. The molecule has 1 amide bonds. The molecule has 2 fully saturated rings. The van der Waals surface area contributed by atoms with E-state index in [1.165, 1.54) is 0 Å². The van der Waals surface area contributed by atoms with Crippen molar-refractivity contribution in [3.8, 4) is 0 Å². The zero-order chi connectivity index (χ0) is 17.7. The minimum absolute atomic E-state index is 0.105. The highest BCUT2D eigenvalue weighted by Gasteiger charge is 2.67. The van der Waals surface area contributed by atoms with Crippen molar-refractivity contribution in [2.75, 3.05) is 13.1 Å². The number of piperidine rings is 1. The molecular weight excluding hydrogens is 349 g/mol. The predicted molar refractivity (Wildman–Crippen MR) is 93.6 cm³/mol. The van der Waals surface area contributed by atoms with Gasteiger partial charge in [0.15, 0.2) is 0 Å². The maximum Gasteiger partial charge on any atom is 0.410 e. The molecule has 130 valence electrons. The molecule has 24 heavy (non-hydrogen) atoms. The molecule has 1 heterocycles. The first-order valence-electron chi connectivity index (χ1n) is 8.09. The summed E-state index contributed by atoms with van der Waals surface area (Å²) in [7, 11) is 0. The maximum absolute atomic E-state index is 12.3. The van der Waals surface area contributed by atoms with Gasteiger partial charge >= 0.3 is 6.09 Å². The maximum atomic E-state index is 12.3. The molecule has 1 saturated heterocycles. The fraction of sp³-hybridized carbons (Fsp3) is 0.556. The number of rotatable bonds is 2. The molecular formula is C18H21Cl2NO3. The average molecular weight is 370 g/mol. The molecule has 4 nitrogen and oxygen atoms in total. The SMILES string of the molecule is CC(C)(C)OC(=O)N1CC[C@H]2[C@@H](C1)[C@]2(C=O)c1ccc(Cl)c(Cl)c1. The Morgan fingerprint density at radius 2 is 2.00 bits per heavy atom. The number of nitrogens with zero attached hydrogens (tertiary/aromatic N) is 1. The first kappa shape index (κ1) is 17.6. The van der Waals surface area contributed by atoms with Crippen LogP contribution in [0.3, 0.4) is 0 Å². The Morgan fingerprint density at radius 3 is 2.58 bits per heavy atom. The number of hydrogen-bond donors (Lipinski definition) is 0. The van der Waals surface area contributed by atoms with E-state index < -0.39 is 11.0 Å². The molecule has 0 N–H and O–H groups in total. The van der Waals surface area contributed by atoms with Gasteiger partial charge in [-0.3, -0.25) is 0 Å². The fourth-order valence-electron chi connectivity index (χ4n) is 3.83. The number of ether oxygens (including phenoxy) is 1. The smallest absolute Gasteiger partial charge is 0.410 e. The van der Waals surface area contributed by atoms with E-state index in [-0.39, 0.29) is 17.9 Å². The Kier molecular flexibility index (Phi) is 4.33. The van der Waals surface area contributed by atoms with Gasteiger partial charge in [0.2, 0.25) is 0 Å². The van der Waals surface area contributed by atoms with Gasteiger partial charge in [0.1, 0.15) is 11.9 Å². The van der Waals surface area contributed by atoms with Crippen LogP contribution < -0.4 is 0 Å². The average Bonchev–Trinajstić information content (AvgIpc) is 3.16. The molecule has 1 aromatic carbocycles. The van der Waals surface area contributed by atoms with Gasteiger partial charge in [-0.1, -0.05) is 29.3 Å². The lowest BCUT2D eigenvalue weighted by Gasteiger charge is -2.29. The summed E-state index contributed by atoms with van der Waals surface area (Å²) in [4.78, 5) is 25.9. The molecule has 0 unspecified atom stereocenters. The number of carbonyl (C=O) groups is 2. The fourth-order valence-corrected chi connectivity index (χ4v) is 4.13. The summed E-state index contributed by atoms with van der Waals surface area (Å²) in [6, 6.07) is 5.35. The Bertz CT molecular complexity index is 685. The summed E-state index contributed by atoms with van der Waals surface area (Å²) in [5.41, 5.74) is -0.207. The second-order valence-corrected chi connectivity index (χ2v) is 8.42. The second-order valence-electron chi connectivity index (χ2n) is 7.61. The lowest BCUT2D eigenvalue weighted by atomic mass is 9.93. The quantitative estimate of drug-likeness (QED) is 0.729. The minimum atomic E-state index is -0.564. The summed E-state index contributed by atoms with van der Waals surface area (Å²) in [6.45, 7) is 6.67. The molecule has 0 spiro atoms. The monoisotopic (exact) mass is 369 g/mol. The number of benzene rings is 1. The number of aldehydes is 1. The number of amides is 1. The first-order valence-corrected chi connectivity index (χ1v) is 8.84. The number of fused-ring (bicyclic) bond motifs is 1. The van der Waals surface area contributed by atoms with Gasteiger partial charge in [-0.15, -0.1) is 0 Å². The van der Waals surface area contributed by atoms with E-state index in [4.69, 9.17) is 27.9 Å². The molecule has 6 heteroatoms. The van der Waals surface area contributed by atoms with Crippen LogP contribution in [0.15, 0.2) is 18.2 Å². The number of likely N-dealkylation sites (tertiary alicyclic amines) is 1. The van der Waals surface area contributed by atoms with Crippen LogP contribution in [0.25, 0.3) is 0 Å². The van der Waals surface area contributed by atoms with Crippen molar-refractivity contribution in [2.45, 2.75) is 38.2 Å². The van der Waals surface area contributed by atoms with Gasteiger partial charge in [-0.2, -0.15) is 0 Å². The van der Waals surface area contributed by atoms with Gasteiger partial charge in [0, 0.05) is 13.1 Å². The number of halogens is 2. The molecule has 0 radical (unpaired) electrons. The van der Waals surface area contributed by atoms with Gasteiger partial charge in [0.25, 0.3) is 0 Å². The van der Waals surface area contributed by atoms with Gasteiger partial charge in [0.05, 0.1) is 15.5 Å². The lowest BCUT2D eigenvalue weighted by Crippen LogP contribution is -2.40. The van der Waals surface area contributed by atoms with Crippen LogP contribution in [0, 0.1) is 11.8 Å². The highest BCUT2D eigenvalue weighted by Crippen LogP contribution is 2.62. The summed E-state index contributed by atoms with van der Waals surface area (Å²) in [6.07, 6.45) is 1.48. The van der Waals surface area contributed by atoms with Gasteiger partial charge in [-0.05, 0) is 56.7 Å². The van der Waals surface area contributed by atoms with Crippen LogP contribution in [0.4, 0.5) is 4.79 Å². The lowest BCUT2D eigenvalue weighted by molar-refractivity contribution is -0.110. The molecule has 1 aromatic rings. The summed E-state index contributed by atoms with van der Waals surface area (Å²) >= 11 is 12.1. The van der Waals surface area contributed by atoms with E-state index in [9.17, 15) is 9.59 Å². The third-order valence-corrected chi connectivity index (χ3v) is 5.74. The highest BCUT2D eigenvalue weighted by atomic mass is 35.5. The van der Waals surface area contributed by atoms with Crippen LogP contribution in [-0.4, -0.2) is 36.0 Å². The van der Waals surface area contributed by atoms with Crippen molar-refractivity contribution in [1.29, 1.82) is 0 Å². The van der Waals surface area contributed by atoms with E-state index in [1.54, 1.807) is 17.0 Å². The van der Waals surface area contributed by atoms with Crippen molar-refractivity contribution in [3.05, 3.63) is 33.8 Å². The molecule has 3 atom stereocenters. The van der Waals surface area contributed by atoms with Crippen LogP contribution in [0.2, 0.25) is 10.0 Å². The minimum Gasteiger partial charge on any atom is -0.444 e. The molecule has 2 aliphatic rings. The largest absolute Gasteiger partial charge is 0.444 e. The molecule has 1 saturated carbocycles. The number of hydrogen-bond acceptors (Lipinski definition) is 3. The van der Waals surface area contributed by atoms with Crippen molar-refractivity contribution in [2.24, 2.45) is 11.8 Å². The Morgan fingerprint density at radius 1 is 1.29 bits per heavy atom. The van der Waals surface area contributed by atoms with Gasteiger partial charge < -0.3 is 14.4 Å². The topological polar surface area (TPSA) is 46.6 Å². The van der Waals surface area contributed by atoms with Crippen molar-refractivity contribution in [1.82, 2.24) is 4.90 Å². The molecule has 3 rings (SSSR count). The van der Waals surface area contributed by atoms with Crippen molar-refractivity contribution >= 4 is 35.6 Å². The van der Waals surface area contributed by atoms with Gasteiger partial charge in [-0.25, -0.2) is 4.79 Å². The summed E-state index contributed by atoms with van der Waals surface area (Å²) in [5, 5.41) is 0.920. The second kappa shape index (κ2) is 5.92. The Balaban J connectivity index is 1.79.